The van der Waals surface area contributed by atoms with Gasteiger partial charge in [-0.1, -0.05) is 0 Å². The van der Waals surface area contributed by atoms with Gasteiger partial charge in [0.25, 0.3) is 5.69 Å². The van der Waals surface area contributed by atoms with Gasteiger partial charge < -0.3 is 5.73 Å². The van der Waals surface area contributed by atoms with Gasteiger partial charge in [0.2, 0.25) is 0 Å². The molecule has 0 aliphatic carbocycles. The molecular formula is C14H12N2O4. The normalized spacial score (nSPS) is 9.00. The molecule has 0 spiro atoms. The predicted molar refractivity (Wildman–Crippen MR) is 74.7 cm³/mol. The Balaban J connectivity index is 0.000000204. The molecule has 0 atom stereocenters. The number of carbonyl (C=O) groups is 2. The van der Waals surface area contributed by atoms with Crippen LogP contribution in [0.1, 0.15) is 20.7 Å². The summed E-state index contributed by atoms with van der Waals surface area (Å²) in [5.41, 5.74) is 7.14. The summed E-state index contributed by atoms with van der Waals surface area (Å²) in [7, 11) is 0. The van der Waals surface area contributed by atoms with Crippen LogP contribution in [-0.4, -0.2) is 17.5 Å². The monoisotopic (exact) mass is 272 g/mol. The zero-order chi connectivity index (χ0) is 15.0. The Hall–Kier alpha value is -3.02. The van der Waals surface area contributed by atoms with Crippen LogP contribution in [0.2, 0.25) is 0 Å². The highest BCUT2D eigenvalue weighted by Crippen LogP contribution is 2.10. The van der Waals surface area contributed by atoms with Gasteiger partial charge >= 0.3 is 0 Å². The molecule has 0 unspecified atom stereocenters. The molecular weight excluding hydrogens is 260 g/mol. The predicted octanol–water partition coefficient (Wildman–Crippen LogP) is 2.49. The number of nitrogens with zero attached hydrogens (tertiary/aromatic N) is 1. The van der Waals surface area contributed by atoms with E-state index in [-0.39, 0.29) is 5.69 Å². The van der Waals surface area contributed by atoms with Gasteiger partial charge in [0.15, 0.2) is 0 Å². The van der Waals surface area contributed by atoms with Crippen molar-refractivity contribution in [2.75, 3.05) is 5.73 Å². The number of nitrogens with two attached hydrogens (primary N) is 1. The number of benzene rings is 2. The standard InChI is InChI=1S/C7H5NO3.C7H7NO/c9-5-6-1-3-7(4-2-6)8(10)11;8-7-3-1-6(5-9)2-4-7/h1-5H;1-5H,8H2. The van der Waals surface area contributed by atoms with Gasteiger partial charge in [0.05, 0.1) is 4.92 Å². The van der Waals surface area contributed by atoms with Crippen molar-refractivity contribution in [2.24, 2.45) is 0 Å². The van der Waals surface area contributed by atoms with Crippen molar-refractivity contribution < 1.29 is 14.5 Å². The number of aldehydes is 2. The summed E-state index contributed by atoms with van der Waals surface area (Å²) in [6.45, 7) is 0. The SMILES string of the molecule is Nc1ccc(C=O)cc1.O=Cc1ccc([N+](=O)[O-])cc1. The molecule has 2 aromatic rings. The fraction of sp³-hybridized carbons (Fsp3) is 0. The molecule has 2 N–H and O–H groups in total. The van der Waals surface area contributed by atoms with Crippen molar-refractivity contribution in [3.63, 3.8) is 0 Å². The molecule has 102 valence electrons. The van der Waals surface area contributed by atoms with Crippen LogP contribution >= 0.6 is 0 Å². The molecule has 0 saturated heterocycles. The Kier molecular flexibility index (Phi) is 5.58. The van der Waals surface area contributed by atoms with Crippen LogP contribution in [0.5, 0.6) is 0 Å². The molecule has 6 heteroatoms. The van der Waals surface area contributed by atoms with Crippen LogP contribution in [0.4, 0.5) is 11.4 Å². The van der Waals surface area contributed by atoms with E-state index >= 15 is 0 Å². The second kappa shape index (κ2) is 7.42. The first-order chi connectivity index (χ1) is 9.56. The van der Waals surface area contributed by atoms with E-state index in [4.69, 9.17) is 5.73 Å². The second-order valence-corrected chi connectivity index (χ2v) is 3.75. The lowest BCUT2D eigenvalue weighted by Crippen LogP contribution is -1.87. The van der Waals surface area contributed by atoms with Gasteiger partial charge in [-0.3, -0.25) is 19.7 Å². The van der Waals surface area contributed by atoms with Crippen molar-refractivity contribution in [2.45, 2.75) is 0 Å². The lowest BCUT2D eigenvalue weighted by atomic mass is 10.2. The minimum atomic E-state index is -0.505. The third-order valence-corrected chi connectivity index (χ3v) is 2.31. The number of nitro benzene ring substituents is 1. The van der Waals surface area contributed by atoms with Gasteiger partial charge in [-0.05, 0) is 36.4 Å². The van der Waals surface area contributed by atoms with E-state index in [1.165, 1.54) is 24.3 Å². The van der Waals surface area contributed by atoms with Crippen LogP contribution in [0, 0.1) is 10.1 Å². The van der Waals surface area contributed by atoms with Crippen LogP contribution < -0.4 is 5.73 Å². The lowest BCUT2D eigenvalue weighted by Gasteiger charge is -1.89. The summed E-state index contributed by atoms with van der Waals surface area (Å²) < 4.78 is 0. The first kappa shape index (κ1) is 15.0. The average molecular weight is 272 g/mol. The molecule has 0 bridgehead atoms. The lowest BCUT2D eigenvalue weighted by molar-refractivity contribution is -0.384. The topological polar surface area (TPSA) is 103 Å². The van der Waals surface area contributed by atoms with Crippen LogP contribution in [-0.2, 0) is 0 Å². The first-order valence-corrected chi connectivity index (χ1v) is 5.57. The molecule has 0 saturated carbocycles. The van der Waals surface area contributed by atoms with Gasteiger partial charge in [0.1, 0.15) is 12.6 Å². The smallest absolute Gasteiger partial charge is 0.269 e. The van der Waals surface area contributed by atoms with E-state index in [9.17, 15) is 19.7 Å². The van der Waals surface area contributed by atoms with Crippen molar-refractivity contribution in [1.29, 1.82) is 0 Å². The highest BCUT2D eigenvalue weighted by atomic mass is 16.6. The fourth-order valence-electron chi connectivity index (χ4n) is 1.25. The van der Waals surface area contributed by atoms with E-state index in [1.54, 1.807) is 24.3 Å². The number of anilines is 1. The molecule has 0 heterocycles. The molecule has 6 nitrogen and oxygen atoms in total. The number of rotatable bonds is 3. The Morgan fingerprint density at radius 2 is 1.25 bits per heavy atom. The van der Waals surface area contributed by atoms with E-state index in [2.05, 4.69) is 0 Å². The Morgan fingerprint density at radius 3 is 1.60 bits per heavy atom. The second-order valence-electron chi connectivity index (χ2n) is 3.75. The summed E-state index contributed by atoms with van der Waals surface area (Å²) in [5, 5.41) is 10.1. The molecule has 2 aromatic carbocycles. The summed E-state index contributed by atoms with van der Waals surface area (Å²) >= 11 is 0. The minimum Gasteiger partial charge on any atom is -0.399 e. The van der Waals surface area contributed by atoms with Crippen LogP contribution in [0.15, 0.2) is 48.5 Å². The third-order valence-electron chi connectivity index (χ3n) is 2.31. The quantitative estimate of drug-likeness (QED) is 0.400. The highest BCUT2D eigenvalue weighted by molar-refractivity contribution is 5.75. The Morgan fingerprint density at radius 1 is 0.850 bits per heavy atom. The maximum atomic E-state index is 10.1. The average Bonchev–Trinajstić information content (AvgIpc) is 2.49. The zero-order valence-corrected chi connectivity index (χ0v) is 10.4. The van der Waals surface area contributed by atoms with Crippen molar-refractivity contribution in [1.82, 2.24) is 0 Å². The molecule has 2 rings (SSSR count). The molecule has 0 radical (unpaired) electrons. The number of nitro groups is 1. The number of carbonyl (C=O) groups excluding carboxylic acids is 2. The maximum absolute atomic E-state index is 10.1. The first-order valence-electron chi connectivity index (χ1n) is 5.57. The van der Waals surface area contributed by atoms with Crippen molar-refractivity contribution in [3.8, 4) is 0 Å². The Labute approximate surface area is 115 Å². The number of non-ortho nitro benzene ring substituents is 1. The van der Waals surface area contributed by atoms with Gasteiger partial charge in [-0.25, -0.2) is 0 Å². The number of nitrogen functional groups attached to an aromatic ring is 1. The van der Waals surface area contributed by atoms with E-state index < -0.39 is 4.92 Å². The summed E-state index contributed by atoms with van der Waals surface area (Å²) in [4.78, 5) is 29.8. The fourth-order valence-corrected chi connectivity index (χ4v) is 1.25. The van der Waals surface area contributed by atoms with Crippen molar-refractivity contribution in [3.05, 3.63) is 69.8 Å². The van der Waals surface area contributed by atoms with Crippen molar-refractivity contribution >= 4 is 23.9 Å². The summed E-state index contributed by atoms with van der Waals surface area (Å²) in [6, 6.07) is 12.2. The molecule has 0 amide bonds. The largest absolute Gasteiger partial charge is 0.399 e. The number of hydrogen-bond donors (Lipinski definition) is 1. The summed E-state index contributed by atoms with van der Waals surface area (Å²) in [5.74, 6) is 0. The minimum absolute atomic E-state index is 0.00407. The molecule has 20 heavy (non-hydrogen) atoms. The van der Waals surface area contributed by atoms with Gasteiger partial charge in [-0.15, -0.1) is 0 Å². The van der Waals surface area contributed by atoms with E-state index in [1.807, 2.05) is 0 Å². The zero-order valence-electron chi connectivity index (χ0n) is 10.4. The molecule has 0 aliphatic rings. The van der Waals surface area contributed by atoms with E-state index in [0.29, 0.717) is 23.1 Å². The Bertz CT molecular complexity index is 592. The summed E-state index contributed by atoms with van der Waals surface area (Å²) in [6.07, 6.45) is 1.43. The van der Waals surface area contributed by atoms with E-state index in [0.717, 1.165) is 6.29 Å². The maximum Gasteiger partial charge on any atom is 0.269 e. The third kappa shape index (κ3) is 4.69. The molecule has 0 aromatic heterocycles. The van der Waals surface area contributed by atoms with Gasteiger partial charge in [-0.2, -0.15) is 0 Å². The van der Waals surface area contributed by atoms with Crippen LogP contribution in [0.25, 0.3) is 0 Å². The van der Waals surface area contributed by atoms with Gasteiger partial charge in [0, 0.05) is 28.9 Å². The highest BCUT2D eigenvalue weighted by Gasteiger charge is 2.02. The molecule has 0 fully saturated rings. The molecule has 0 aliphatic heterocycles. The number of hydrogen-bond acceptors (Lipinski definition) is 5. The van der Waals surface area contributed by atoms with Crippen LogP contribution in [0.3, 0.4) is 0 Å².